The van der Waals surface area contributed by atoms with Crippen molar-refractivity contribution in [3.63, 3.8) is 0 Å². The summed E-state index contributed by atoms with van der Waals surface area (Å²) < 4.78 is 5.83. The van der Waals surface area contributed by atoms with Gasteiger partial charge in [0.2, 0.25) is 5.91 Å². The van der Waals surface area contributed by atoms with E-state index in [4.69, 9.17) is 4.42 Å². The Morgan fingerprint density at radius 2 is 2.04 bits per heavy atom. The summed E-state index contributed by atoms with van der Waals surface area (Å²) in [5, 5.41) is 4.01. The Kier molecular flexibility index (Phi) is 4.67. The van der Waals surface area contributed by atoms with Crippen molar-refractivity contribution >= 4 is 22.8 Å². The van der Waals surface area contributed by atoms with Gasteiger partial charge in [0.15, 0.2) is 0 Å². The summed E-state index contributed by atoms with van der Waals surface area (Å²) in [6.07, 6.45) is 1.53. The van der Waals surface area contributed by atoms with E-state index in [9.17, 15) is 9.59 Å². The average molecular weight is 362 g/mol. The molecule has 1 aromatic heterocycles. The molecule has 0 radical (unpaired) electrons. The maximum absolute atomic E-state index is 12.7. The molecule has 1 saturated heterocycles. The molecule has 0 spiro atoms. The highest BCUT2D eigenvalue weighted by atomic mass is 16.3. The third kappa shape index (κ3) is 3.72. The highest BCUT2D eigenvalue weighted by Crippen LogP contribution is 2.24. The number of amides is 2. The fraction of sp³-hybridized carbons (Fsp3) is 0.273. The van der Waals surface area contributed by atoms with Crippen LogP contribution in [0.4, 0.5) is 0 Å². The summed E-state index contributed by atoms with van der Waals surface area (Å²) in [6, 6.07) is 16.9. The standard InChI is InChI=1S/C22H22N2O3/c1-15(20-13-17-7-2-3-9-19(17)27-20)23-22(26)18-8-4-6-16(12-18)14-24-11-5-10-21(24)25/h2-4,6-9,12-13,15H,5,10-11,14H2,1H3,(H,23,26). The minimum Gasteiger partial charge on any atom is -0.459 e. The quantitative estimate of drug-likeness (QED) is 0.745. The highest BCUT2D eigenvalue weighted by molar-refractivity contribution is 5.94. The molecule has 2 aromatic carbocycles. The highest BCUT2D eigenvalue weighted by Gasteiger charge is 2.21. The second-order valence-electron chi connectivity index (χ2n) is 7.00. The molecular weight excluding hydrogens is 340 g/mol. The largest absolute Gasteiger partial charge is 0.459 e. The smallest absolute Gasteiger partial charge is 0.251 e. The second-order valence-corrected chi connectivity index (χ2v) is 7.00. The van der Waals surface area contributed by atoms with Gasteiger partial charge in [-0.05, 0) is 43.2 Å². The predicted molar refractivity (Wildman–Crippen MR) is 103 cm³/mol. The molecule has 4 rings (SSSR count). The van der Waals surface area contributed by atoms with E-state index in [1.54, 1.807) is 6.07 Å². The lowest BCUT2D eigenvalue weighted by atomic mass is 10.1. The van der Waals surface area contributed by atoms with E-state index in [1.165, 1.54) is 0 Å². The first kappa shape index (κ1) is 17.3. The lowest BCUT2D eigenvalue weighted by Crippen LogP contribution is -2.27. The van der Waals surface area contributed by atoms with Gasteiger partial charge in [-0.3, -0.25) is 9.59 Å². The minimum absolute atomic E-state index is 0.155. The Hall–Kier alpha value is -3.08. The molecular formula is C22H22N2O3. The summed E-state index contributed by atoms with van der Waals surface area (Å²) in [6.45, 7) is 3.25. The SMILES string of the molecule is CC(NC(=O)c1cccc(CN2CCCC2=O)c1)c1cc2ccccc2o1. The molecule has 27 heavy (non-hydrogen) atoms. The Morgan fingerprint density at radius 3 is 2.81 bits per heavy atom. The molecule has 2 heterocycles. The van der Waals surface area contributed by atoms with Gasteiger partial charge in [-0.2, -0.15) is 0 Å². The zero-order valence-electron chi connectivity index (χ0n) is 15.3. The first-order valence-electron chi connectivity index (χ1n) is 9.26. The van der Waals surface area contributed by atoms with Gasteiger partial charge in [-0.15, -0.1) is 0 Å². The van der Waals surface area contributed by atoms with Crippen LogP contribution in [0.25, 0.3) is 11.0 Å². The van der Waals surface area contributed by atoms with Crippen molar-refractivity contribution in [3.8, 4) is 0 Å². The molecule has 1 aliphatic heterocycles. The number of furan rings is 1. The van der Waals surface area contributed by atoms with Crippen molar-refractivity contribution in [2.45, 2.75) is 32.4 Å². The topological polar surface area (TPSA) is 62.6 Å². The summed E-state index contributed by atoms with van der Waals surface area (Å²) in [7, 11) is 0. The van der Waals surface area contributed by atoms with E-state index in [2.05, 4.69) is 5.32 Å². The number of para-hydroxylation sites is 1. The molecule has 5 nitrogen and oxygen atoms in total. The van der Waals surface area contributed by atoms with E-state index >= 15 is 0 Å². The van der Waals surface area contributed by atoms with Crippen molar-refractivity contribution in [1.82, 2.24) is 10.2 Å². The van der Waals surface area contributed by atoms with Gasteiger partial charge in [-0.1, -0.05) is 30.3 Å². The zero-order valence-corrected chi connectivity index (χ0v) is 15.3. The predicted octanol–water partition coefficient (Wildman–Crippen LogP) is 4.05. The first-order chi connectivity index (χ1) is 13.1. The Morgan fingerprint density at radius 1 is 1.19 bits per heavy atom. The molecule has 1 atom stereocenters. The van der Waals surface area contributed by atoms with E-state index in [-0.39, 0.29) is 17.9 Å². The molecule has 0 bridgehead atoms. The van der Waals surface area contributed by atoms with Crippen LogP contribution in [0.1, 0.15) is 47.5 Å². The number of benzene rings is 2. The number of carbonyl (C=O) groups excluding carboxylic acids is 2. The number of nitrogens with one attached hydrogen (secondary N) is 1. The fourth-order valence-corrected chi connectivity index (χ4v) is 3.47. The molecule has 2 amide bonds. The van der Waals surface area contributed by atoms with Gasteiger partial charge in [0.05, 0.1) is 6.04 Å². The molecule has 138 valence electrons. The molecule has 0 saturated carbocycles. The van der Waals surface area contributed by atoms with Crippen molar-refractivity contribution < 1.29 is 14.0 Å². The monoisotopic (exact) mass is 362 g/mol. The maximum Gasteiger partial charge on any atom is 0.251 e. The fourth-order valence-electron chi connectivity index (χ4n) is 3.47. The molecule has 1 fully saturated rings. The summed E-state index contributed by atoms with van der Waals surface area (Å²) in [4.78, 5) is 26.3. The van der Waals surface area contributed by atoms with Crippen molar-refractivity contribution in [2.75, 3.05) is 6.54 Å². The van der Waals surface area contributed by atoms with Crippen LogP contribution >= 0.6 is 0 Å². The Labute approximate surface area is 158 Å². The van der Waals surface area contributed by atoms with Crippen LogP contribution in [0.2, 0.25) is 0 Å². The number of carbonyl (C=O) groups is 2. The van der Waals surface area contributed by atoms with Crippen molar-refractivity contribution in [1.29, 1.82) is 0 Å². The summed E-state index contributed by atoms with van der Waals surface area (Å²) in [5.41, 5.74) is 2.36. The van der Waals surface area contributed by atoms with Crippen LogP contribution in [-0.2, 0) is 11.3 Å². The number of likely N-dealkylation sites (tertiary alicyclic amines) is 1. The second kappa shape index (κ2) is 7.27. The van der Waals surface area contributed by atoms with Crippen LogP contribution in [0.3, 0.4) is 0 Å². The lowest BCUT2D eigenvalue weighted by molar-refractivity contribution is -0.128. The van der Waals surface area contributed by atoms with Crippen LogP contribution in [-0.4, -0.2) is 23.3 Å². The van der Waals surface area contributed by atoms with Gasteiger partial charge in [-0.25, -0.2) is 0 Å². The Balaban J connectivity index is 1.45. The molecule has 1 N–H and O–H groups in total. The zero-order chi connectivity index (χ0) is 18.8. The number of rotatable bonds is 5. The van der Waals surface area contributed by atoms with Crippen molar-refractivity contribution in [3.05, 3.63) is 71.5 Å². The first-order valence-corrected chi connectivity index (χ1v) is 9.26. The number of hydrogen-bond donors (Lipinski definition) is 1. The molecule has 1 aliphatic rings. The minimum atomic E-state index is -0.242. The van der Waals surface area contributed by atoms with E-state index < -0.39 is 0 Å². The van der Waals surface area contributed by atoms with E-state index in [1.807, 2.05) is 60.4 Å². The van der Waals surface area contributed by atoms with Crippen LogP contribution < -0.4 is 5.32 Å². The van der Waals surface area contributed by atoms with Gasteiger partial charge >= 0.3 is 0 Å². The van der Waals surface area contributed by atoms with Gasteiger partial charge in [0.1, 0.15) is 11.3 Å². The van der Waals surface area contributed by atoms with Crippen molar-refractivity contribution in [2.24, 2.45) is 0 Å². The molecule has 3 aromatic rings. The maximum atomic E-state index is 12.7. The normalized spacial score (nSPS) is 15.3. The number of hydrogen-bond acceptors (Lipinski definition) is 3. The Bertz CT molecular complexity index is 959. The number of fused-ring (bicyclic) bond motifs is 1. The molecule has 0 aliphatic carbocycles. The molecule has 5 heteroatoms. The lowest BCUT2D eigenvalue weighted by Gasteiger charge is -2.16. The van der Waals surface area contributed by atoms with Gasteiger partial charge < -0.3 is 14.6 Å². The summed E-state index contributed by atoms with van der Waals surface area (Å²) >= 11 is 0. The van der Waals surface area contributed by atoms with Crippen LogP contribution in [0, 0.1) is 0 Å². The third-order valence-electron chi connectivity index (χ3n) is 4.95. The van der Waals surface area contributed by atoms with Crippen LogP contribution in [0.15, 0.2) is 59.0 Å². The third-order valence-corrected chi connectivity index (χ3v) is 4.95. The summed E-state index contributed by atoms with van der Waals surface area (Å²) in [5.74, 6) is 0.754. The van der Waals surface area contributed by atoms with E-state index in [0.717, 1.165) is 35.3 Å². The van der Waals surface area contributed by atoms with E-state index in [0.29, 0.717) is 18.5 Å². The van der Waals surface area contributed by atoms with Gasteiger partial charge in [0.25, 0.3) is 5.91 Å². The van der Waals surface area contributed by atoms with Crippen LogP contribution in [0.5, 0.6) is 0 Å². The molecule has 1 unspecified atom stereocenters. The average Bonchev–Trinajstić information content (AvgIpc) is 3.28. The number of nitrogens with zero attached hydrogens (tertiary/aromatic N) is 1. The van der Waals surface area contributed by atoms with Gasteiger partial charge in [0, 0.05) is 30.5 Å².